The maximum atomic E-state index is 12.3. The largest absolute Gasteiger partial charge is 0.493 e. The third-order valence-electron chi connectivity index (χ3n) is 4.26. The highest BCUT2D eigenvalue weighted by molar-refractivity contribution is 5.85. The molecule has 1 fully saturated rings. The maximum Gasteiger partial charge on any atom is 0.224 e. The molecule has 0 radical (unpaired) electrons. The van der Waals surface area contributed by atoms with E-state index in [0.717, 1.165) is 25.1 Å². The lowest BCUT2D eigenvalue weighted by molar-refractivity contribution is -0.121. The molecule has 0 aromatic heterocycles. The van der Waals surface area contributed by atoms with E-state index in [1.165, 1.54) is 0 Å². The van der Waals surface area contributed by atoms with Gasteiger partial charge in [0.15, 0.2) is 11.5 Å². The summed E-state index contributed by atoms with van der Waals surface area (Å²) in [6.07, 6.45) is 1.36. The smallest absolute Gasteiger partial charge is 0.224 e. The van der Waals surface area contributed by atoms with Crippen molar-refractivity contribution in [2.24, 2.45) is 5.92 Å². The predicted molar refractivity (Wildman–Crippen MR) is 95.6 cm³/mol. The first kappa shape index (κ1) is 20.4. The van der Waals surface area contributed by atoms with Crippen LogP contribution >= 0.6 is 12.4 Å². The number of rotatable bonds is 6. The second-order valence-corrected chi connectivity index (χ2v) is 5.85. The van der Waals surface area contributed by atoms with Gasteiger partial charge < -0.3 is 24.8 Å². The molecule has 2 N–H and O–H groups in total. The molecule has 1 aromatic rings. The third-order valence-corrected chi connectivity index (χ3v) is 4.26. The highest BCUT2D eigenvalue weighted by atomic mass is 35.5. The van der Waals surface area contributed by atoms with Crippen molar-refractivity contribution in [3.05, 3.63) is 17.7 Å². The van der Waals surface area contributed by atoms with Crippen LogP contribution in [0.4, 0.5) is 0 Å². The van der Waals surface area contributed by atoms with Crippen LogP contribution in [0.1, 0.15) is 18.9 Å². The van der Waals surface area contributed by atoms with Crippen LogP contribution in [0.5, 0.6) is 17.2 Å². The highest BCUT2D eigenvalue weighted by Gasteiger charge is 2.23. The first-order valence-corrected chi connectivity index (χ1v) is 7.88. The van der Waals surface area contributed by atoms with Gasteiger partial charge in [-0.25, -0.2) is 0 Å². The number of halogens is 1. The van der Waals surface area contributed by atoms with E-state index in [0.29, 0.717) is 23.2 Å². The van der Waals surface area contributed by atoms with Crippen LogP contribution < -0.4 is 24.8 Å². The van der Waals surface area contributed by atoms with Gasteiger partial charge in [-0.3, -0.25) is 4.79 Å². The number of carbonyl (C=O) groups is 1. The topological polar surface area (TPSA) is 68.8 Å². The van der Waals surface area contributed by atoms with Gasteiger partial charge in [0.2, 0.25) is 11.7 Å². The zero-order valence-corrected chi connectivity index (χ0v) is 15.5. The van der Waals surface area contributed by atoms with Crippen molar-refractivity contribution in [2.75, 3.05) is 34.4 Å². The van der Waals surface area contributed by atoms with E-state index >= 15 is 0 Å². The number of ether oxygens (including phenoxy) is 3. The molecule has 2 atom stereocenters. The van der Waals surface area contributed by atoms with Crippen LogP contribution in [0, 0.1) is 5.92 Å². The molecule has 24 heavy (non-hydrogen) atoms. The Bertz CT molecular complexity index is 528. The minimum absolute atomic E-state index is 0. The Hall–Kier alpha value is -1.66. The fraction of sp³-hybridized carbons (Fsp3) is 0.588. The number of hydrogen-bond donors (Lipinski definition) is 2. The van der Waals surface area contributed by atoms with E-state index in [4.69, 9.17) is 14.2 Å². The highest BCUT2D eigenvalue weighted by Crippen LogP contribution is 2.38. The van der Waals surface area contributed by atoms with Gasteiger partial charge in [-0.15, -0.1) is 12.4 Å². The normalized spacial score (nSPS) is 19.8. The van der Waals surface area contributed by atoms with E-state index in [9.17, 15) is 4.79 Å². The Balaban J connectivity index is 0.00000288. The molecule has 0 spiro atoms. The number of amides is 1. The van der Waals surface area contributed by atoms with Gasteiger partial charge >= 0.3 is 0 Å². The summed E-state index contributed by atoms with van der Waals surface area (Å²) >= 11 is 0. The van der Waals surface area contributed by atoms with Crippen molar-refractivity contribution >= 4 is 18.3 Å². The summed E-state index contributed by atoms with van der Waals surface area (Å²) in [5.74, 6) is 2.13. The van der Waals surface area contributed by atoms with Gasteiger partial charge in [0, 0.05) is 12.6 Å². The van der Waals surface area contributed by atoms with Crippen molar-refractivity contribution in [1.29, 1.82) is 0 Å². The monoisotopic (exact) mass is 358 g/mol. The molecule has 0 aliphatic carbocycles. The van der Waals surface area contributed by atoms with Crippen molar-refractivity contribution in [3.63, 3.8) is 0 Å². The number of benzene rings is 1. The van der Waals surface area contributed by atoms with Crippen LogP contribution in [0.3, 0.4) is 0 Å². The molecule has 7 heteroatoms. The van der Waals surface area contributed by atoms with Crippen LogP contribution in [0.2, 0.25) is 0 Å². The summed E-state index contributed by atoms with van der Waals surface area (Å²) in [6.45, 7) is 4.01. The van der Waals surface area contributed by atoms with Crippen molar-refractivity contribution in [2.45, 2.75) is 25.8 Å². The van der Waals surface area contributed by atoms with Gasteiger partial charge in [-0.05, 0) is 36.6 Å². The lowest BCUT2D eigenvalue weighted by Gasteiger charge is -2.30. The Morgan fingerprint density at radius 1 is 1.21 bits per heavy atom. The fourth-order valence-corrected chi connectivity index (χ4v) is 2.86. The van der Waals surface area contributed by atoms with Crippen molar-refractivity contribution in [3.8, 4) is 17.2 Å². The molecular formula is C17H27ClN2O4. The molecule has 1 aromatic carbocycles. The van der Waals surface area contributed by atoms with E-state index in [1.54, 1.807) is 21.3 Å². The SMILES string of the molecule is COc1cc(CC(=O)NC2CNCCC2C)cc(OC)c1OC.Cl. The Kier molecular flexibility index (Phi) is 8.15. The van der Waals surface area contributed by atoms with Crippen LogP contribution in [-0.2, 0) is 11.2 Å². The predicted octanol–water partition coefficient (Wildman–Crippen LogP) is 1.79. The van der Waals surface area contributed by atoms with Gasteiger partial charge in [0.25, 0.3) is 0 Å². The number of hydrogen-bond acceptors (Lipinski definition) is 5. The average molecular weight is 359 g/mol. The molecule has 1 amide bonds. The summed E-state index contributed by atoms with van der Waals surface area (Å²) in [7, 11) is 4.69. The van der Waals surface area contributed by atoms with Gasteiger partial charge in [0.1, 0.15) is 0 Å². The van der Waals surface area contributed by atoms with Crippen LogP contribution in [0.15, 0.2) is 12.1 Å². The quantitative estimate of drug-likeness (QED) is 0.811. The average Bonchev–Trinajstić information content (AvgIpc) is 2.55. The second kappa shape index (κ2) is 9.59. The molecule has 0 saturated carbocycles. The summed E-state index contributed by atoms with van der Waals surface area (Å²) in [5.41, 5.74) is 0.827. The number of nitrogens with one attached hydrogen (secondary N) is 2. The summed E-state index contributed by atoms with van der Waals surface area (Å²) in [6, 6.07) is 3.80. The first-order chi connectivity index (χ1) is 11.1. The molecule has 6 nitrogen and oxygen atoms in total. The molecule has 0 bridgehead atoms. The minimum Gasteiger partial charge on any atom is -0.493 e. The molecule has 2 rings (SSSR count). The second-order valence-electron chi connectivity index (χ2n) is 5.85. The number of methoxy groups -OCH3 is 3. The third kappa shape index (κ3) is 4.92. The fourth-order valence-electron chi connectivity index (χ4n) is 2.86. The van der Waals surface area contributed by atoms with E-state index in [1.807, 2.05) is 12.1 Å². The number of carbonyl (C=O) groups excluding carboxylic acids is 1. The van der Waals surface area contributed by atoms with Gasteiger partial charge in [-0.2, -0.15) is 0 Å². The van der Waals surface area contributed by atoms with Crippen LogP contribution in [-0.4, -0.2) is 46.4 Å². The van der Waals surface area contributed by atoms with E-state index in [-0.39, 0.29) is 30.8 Å². The Labute approximate surface area is 149 Å². The molecule has 1 aliphatic rings. The van der Waals surface area contributed by atoms with Crippen molar-refractivity contribution < 1.29 is 19.0 Å². The molecule has 1 aliphatic heterocycles. The zero-order chi connectivity index (χ0) is 16.8. The zero-order valence-electron chi connectivity index (χ0n) is 14.7. The summed E-state index contributed by atoms with van der Waals surface area (Å²) in [4.78, 5) is 12.3. The molecule has 1 heterocycles. The first-order valence-electron chi connectivity index (χ1n) is 7.88. The minimum atomic E-state index is -0.000164. The summed E-state index contributed by atoms with van der Waals surface area (Å²) < 4.78 is 15.9. The molecule has 136 valence electrons. The Morgan fingerprint density at radius 3 is 2.33 bits per heavy atom. The van der Waals surface area contributed by atoms with Crippen LogP contribution in [0.25, 0.3) is 0 Å². The van der Waals surface area contributed by atoms with Gasteiger partial charge in [-0.1, -0.05) is 6.92 Å². The van der Waals surface area contributed by atoms with Gasteiger partial charge in [0.05, 0.1) is 27.8 Å². The maximum absolute atomic E-state index is 12.3. The summed E-state index contributed by atoms with van der Waals surface area (Å²) in [5, 5.41) is 6.42. The standard InChI is InChI=1S/C17H26N2O4.ClH/c1-11-5-6-18-10-13(11)19-16(20)9-12-7-14(21-2)17(23-4)15(8-12)22-3;/h7-8,11,13,18H,5-6,9-10H2,1-4H3,(H,19,20);1H. The lowest BCUT2D eigenvalue weighted by atomic mass is 9.94. The Morgan fingerprint density at radius 2 is 1.83 bits per heavy atom. The molecular weight excluding hydrogens is 332 g/mol. The molecule has 2 unspecified atom stereocenters. The number of piperidine rings is 1. The lowest BCUT2D eigenvalue weighted by Crippen LogP contribution is -2.50. The van der Waals surface area contributed by atoms with E-state index < -0.39 is 0 Å². The molecule has 1 saturated heterocycles. The van der Waals surface area contributed by atoms with E-state index in [2.05, 4.69) is 17.6 Å². The van der Waals surface area contributed by atoms with Crippen molar-refractivity contribution in [1.82, 2.24) is 10.6 Å².